The highest BCUT2D eigenvalue weighted by Gasteiger charge is 2.29. The summed E-state index contributed by atoms with van der Waals surface area (Å²) in [5.41, 5.74) is -0.283. The highest BCUT2D eigenvalue weighted by Crippen LogP contribution is 2.23. The zero-order chi connectivity index (χ0) is 15.6. The average Bonchev–Trinajstić information content (AvgIpc) is 2.86. The van der Waals surface area contributed by atoms with E-state index in [1.807, 2.05) is 0 Å². The minimum Gasteiger partial charge on any atom is -0.384 e. The van der Waals surface area contributed by atoms with Crippen molar-refractivity contribution in [3.63, 3.8) is 0 Å². The van der Waals surface area contributed by atoms with Gasteiger partial charge in [0.25, 0.3) is 15.0 Å². The number of nitrogens with zero attached hydrogens (tertiary/aromatic N) is 1. The van der Waals surface area contributed by atoms with Gasteiger partial charge in [0, 0.05) is 36.8 Å². The summed E-state index contributed by atoms with van der Waals surface area (Å²) in [5.74, 6) is -1.09. The molecule has 1 fully saturated rings. The standard InChI is InChI=1S/C13H15ClFNO4S/c1-20-8-9-4-5-16(7-9)13(17)11-6-10(21(14,18)19)2-3-12(11)15/h2-3,6,9H,4-5,7-8H2,1H3. The van der Waals surface area contributed by atoms with Crippen molar-refractivity contribution in [2.24, 2.45) is 5.92 Å². The Bertz CT molecular complexity index is 650. The van der Waals surface area contributed by atoms with E-state index in [1.165, 1.54) is 4.90 Å². The third-order valence-corrected chi connectivity index (χ3v) is 4.78. The van der Waals surface area contributed by atoms with Gasteiger partial charge >= 0.3 is 0 Å². The third-order valence-electron chi connectivity index (χ3n) is 3.43. The second-order valence-electron chi connectivity index (χ2n) is 4.94. The summed E-state index contributed by atoms with van der Waals surface area (Å²) in [6.07, 6.45) is 0.773. The van der Waals surface area contributed by atoms with Crippen molar-refractivity contribution in [2.75, 3.05) is 26.8 Å². The van der Waals surface area contributed by atoms with Gasteiger partial charge in [0.2, 0.25) is 0 Å². The Balaban J connectivity index is 2.24. The smallest absolute Gasteiger partial charge is 0.261 e. The molecule has 0 radical (unpaired) electrons. The molecule has 0 aromatic heterocycles. The first-order chi connectivity index (χ1) is 9.82. The number of carbonyl (C=O) groups excluding carboxylic acids is 1. The Labute approximate surface area is 127 Å². The minimum absolute atomic E-state index is 0.210. The van der Waals surface area contributed by atoms with Crippen molar-refractivity contribution >= 4 is 25.6 Å². The van der Waals surface area contributed by atoms with Gasteiger partial charge < -0.3 is 9.64 Å². The van der Waals surface area contributed by atoms with Crippen LogP contribution in [-0.4, -0.2) is 46.0 Å². The van der Waals surface area contributed by atoms with E-state index in [1.54, 1.807) is 7.11 Å². The van der Waals surface area contributed by atoms with E-state index in [0.29, 0.717) is 19.7 Å². The number of rotatable bonds is 4. The molecular weight excluding hydrogens is 321 g/mol. The summed E-state index contributed by atoms with van der Waals surface area (Å²) in [6, 6.07) is 2.95. The molecule has 1 heterocycles. The van der Waals surface area contributed by atoms with E-state index < -0.39 is 20.8 Å². The van der Waals surface area contributed by atoms with Gasteiger partial charge in [-0.25, -0.2) is 12.8 Å². The Morgan fingerprint density at radius 1 is 1.52 bits per heavy atom. The number of methoxy groups -OCH3 is 1. The number of hydrogen-bond donors (Lipinski definition) is 0. The molecule has 5 nitrogen and oxygen atoms in total. The summed E-state index contributed by atoms with van der Waals surface area (Å²) >= 11 is 0. The number of ether oxygens (including phenoxy) is 1. The van der Waals surface area contributed by atoms with Crippen LogP contribution < -0.4 is 0 Å². The molecular formula is C13H15ClFNO4S. The first kappa shape index (κ1) is 16.2. The Kier molecular flexibility index (Phi) is 4.85. The van der Waals surface area contributed by atoms with Crippen LogP contribution >= 0.6 is 10.7 Å². The van der Waals surface area contributed by atoms with Crippen LogP contribution in [0.5, 0.6) is 0 Å². The van der Waals surface area contributed by atoms with Gasteiger partial charge in [-0.3, -0.25) is 4.79 Å². The second kappa shape index (κ2) is 6.29. The largest absolute Gasteiger partial charge is 0.384 e. The fraction of sp³-hybridized carbons (Fsp3) is 0.462. The normalized spacial score (nSPS) is 19.0. The maximum absolute atomic E-state index is 13.8. The summed E-state index contributed by atoms with van der Waals surface area (Å²) in [6.45, 7) is 1.48. The maximum atomic E-state index is 13.8. The van der Waals surface area contributed by atoms with Gasteiger partial charge in [-0.2, -0.15) is 0 Å². The number of carbonyl (C=O) groups is 1. The molecule has 1 atom stereocenters. The zero-order valence-corrected chi connectivity index (χ0v) is 13.0. The van der Waals surface area contributed by atoms with Gasteiger partial charge in [-0.05, 0) is 24.6 Å². The van der Waals surface area contributed by atoms with Crippen LogP contribution in [-0.2, 0) is 13.8 Å². The van der Waals surface area contributed by atoms with Crippen LogP contribution in [0.25, 0.3) is 0 Å². The second-order valence-corrected chi connectivity index (χ2v) is 7.51. The van der Waals surface area contributed by atoms with Gasteiger partial charge in [-0.1, -0.05) is 0 Å². The highest BCUT2D eigenvalue weighted by atomic mass is 35.7. The van der Waals surface area contributed by atoms with Crippen molar-refractivity contribution in [2.45, 2.75) is 11.3 Å². The molecule has 1 unspecified atom stereocenters. The predicted molar refractivity (Wildman–Crippen MR) is 75.3 cm³/mol. The Morgan fingerprint density at radius 2 is 2.24 bits per heavy atom. The Morgan fingerprint density at radius 3 is 2.86 bits per heavy atom. The van der Waals surface area contributed by atoms with Crippen molar-refractivity contribution in [1.29, 1.82) is 0 Å². The summed E-state index contributed by atoms with van der Waals surface area (Å²) in [4.78, 5) is 13.5. The van der Waals surface area contributed by atoms with Crippen LogP contribution in [0.2, 0.25) is 0 Å². The van der Waals surface area contributed by atoms with Crippen LogP contribution in [0.1, 0.15) is 16.8 Å². The molecule has 0 saturated carbocycles. The van der Waals surface area contributed by atoms with Gasteiger partial charge in [0.05, 0.1) is 17.1 Å². The van der Waals surface area contributed by atoms with Crippen LogP contribution in [0, 0.1) is 11.7 Å². The first-order valence-electron chi connectivity index (χ1n) is 6.35. The van der Waals surface area contributed by atoms with Crippen molar-refractivity contribution in [3.05, 3.63) is 29.6 Å². The molecule has 1 amide bonds. The number of likely N-dealkylation sites (tertiary alicyclic amines) is 1. The monoisotopic (exact) mass is 335 g/mol. The molecule has 1 aromatic rings. The van der Waals surface area contributed by atoms with E-state index >= 15 is 0 Å². The maximum Gasteiger partial charge on any atom is 0.261 e. The first-order valence-corrected chi connectivity index (χ1v) is 8.66. The van der Waals surface area contributed by atoms with E-state index in [-0.39, 0.29) is 16.4 Å². The lowest BCUT2D eigenvalue weighted by Gasteiger charge is -2.17. The molecule has 2 rings (SSSR count). The van der Waals surface area contributed by atoms with Gasteiger partial charge in [0.15, 0.2) is 0 Å². The third kappa shape index (κ3) is 3.72. The molecule has 1 aromatic carbocycles. The SMILES string of the molecule is COCC1CCN(C(=O)c2cc(S(=O)(=O)Cl)ccc2F)C1. The lowest BCUT2D eigenvalue weighted by Crippen LogP contribution is -2.30. The van der Waals surface area contributed by atoms with Crippen molar-refractivity contribution < 1.29 is 22.3 Å². The van der Waals surface area contributed by atoms with Crippen molar-refractivity contribution in [3.8, 4) is 0 Å². The van der Waals surface area contributed by atoms with E-state index in [0.717, 1.165) is 24.6 Å². The molecule has 21 heavy (non-hydrogen) atoms. The molecule has 1 saturated heterocycles. The fourth-order valence-corrected chi connectivity index (χ4v) is 3.16. The topological polar surface area (TPSA) is 63.7 Å². The van der Waals surface area contributed by atoms with Gasteiger partial charge in [-0.15, -0.1) is 0 Å². The molecule has 0 spiro atoms. The highest BCUT2D eigenvalue weighted by molar-refractivity contribution is 8.13. The van der Waals surface area contributed by atoms with E-state index in [4.69, 9.17) is 15.4 Å². The molecule has 0 bridgehead atoms. The number of benzene rings is 1. The predicted octanol–water partition coefficient (Wildman–Crippen LogP) is 1.86. The number of halogens is 2. The summed E-state index contributed by atoms with van der Waals surface area (Å²) in [7, 11) is 2.80. The van der Waals surface area contributed by atoms with E-state index in [9.17, 15) is 17.6 Å². The Hall–Kier alpha value is -1.18. The minimum atomic E-state index is -4.00. The van der Waals surface area contributed by atoms with Gasteiger partial charge in [0.1, 0.15) is 5.82 Å². The van der Waals surface area contributed by atoms with Crippen molar-refractivity contribution in [1.82, 2.24) is 4.90 Å². The number of amides is 1. The molecule has 116 valence electrons. The van der Waals surface area contributed by atoms with Crippen LogP contribution in [0.3, 0.4) is 0 Å². The summed E-state index contributed by atoms with van der Waals surface area (Å²) in [5, 5.41) is 0. The fourth-order valence-electron chi connectivity index (χ4n) is 2.38. The number of hydrogen-bond acceptors (Lipinski definition) is 4. The summed E-state index contributed by atoms with van der Waals surface area (Å²) < 4.78 is 41.4. The molecule has 0 N–H and O–H groups in total. The lowest BCUT2D eigenvalue weighted by atomic mass is 10.1. The van der Waals surface area contributed by atoms with Crippen LogP contribution in [0.4, 0.5) is 4.39 Å². The van der Waals surface area contributed by atoms with E-state index in [2.05, 4.69) is 0 Å². The zero-order valence-electron chi connectivity index (χ0n) is 11.4. The van der Waals surface area contributed by atoms with Crippen LogP contribution in [0.15, 0.2) is 23.1 Å². The molecule has 1 aliphatic rings. The lowest BCUT2D eigenvalue weighted by molar-refractivity contribution is 0.0770. The molecule has 1 aliphatic heterocycles. The average molecular weight is 336 g/mol. The molecule has 0 aliphatic carbocycles. The molecule has 8 heteroatoms. The quantitative estimate of drug-likeness (QED) is 0.788.